The number of hydrogen-bond acceptors (Lipinski definition) is 2. The molecule has 0 aromatic heterocycles. The van der Waals surface area contributed by atoms with Gasteiger partial charge in [-0.05, 0) is 18.3 Å². The maximum Gasteiger partial charge on any atom is 0.188 e. The first-order valence-electron chi connectivity index (χ1n) is 5.88. The normalized spacial score (nSPS) is 29.7. The Hall–Kier alpha value is -0.770. The van der Waals surface area contributed by atoms with Crippen LogP contribution in [0.3, 0.4) is 0 Å². The van der Waals surface area contributed by atoms with Crippen molar-refractivity contribution in [1.29, 1.82) is 5.41 Å². The molecule has 0 aromatic rings. The molecule has 1 aliphatic carbocycles. The van der Waals surface area contributed by atoms with E-state index in [1.165, 1.54) is 32.1 Å². The number of nitrogens with one attached hydrogen (secondary N) is 1. The third kappa shape index (κ3) is 1.83. The van der Waals surface area contributed by atoms with E-state index < -0.39 is 0 Å². The summed E-state index contributed by atoms with van der Waals surface area (Å²) in [6, 6.07) is 0. The molecule has 15 heavy (non-hydrogen) atoms. The third-order valence-electron chi connectivity index (χ3n) is 4.22. The highest BCUT2D eigenvalue weighted by atomic mass is 16.3. The molecule has 1 saturated heterocycles. The topological polar surface area (TPSA) is 73.3 Å². The van der Waals surface area contributed by atoms with Crippen LogP contribution in [0.1, 0.15) is 32.1 Å². The molecule has 1 spiro atoms. The van der Waals surface area contributed by atoms with Crippen molar-refractivity contribution in [3.05, 3.63) is 0 Å². The molecule has 2 fully saturated rings. The maximum atomic E-state index is 9.45. The van der Waals surface area contributed by atoms with Crippen LogP contribution in [-0.2, 0) is 0 Å². The first-order chi connectivity index (χ1) is 7.18. The van der Waals surface area contributed by atoms with Crippen molar-refractivity contribution in [2.45, 2.75) is 32.1 Å². The number of aliphatic hydroxyl groups is 1. The second-order valence-corrected chi connectivity index (χ2v) is 5.07. The number of likely N-dealkylation sites (tertiary alicyclic amines) is 1. The van der Waals surface area contributed by atoms with Gasteiger partial charge in [-0.15, -0.1) is 0 Å². The molecule has 4 heteroatoms. The molecular weight excluding hydrogens is 190 g/mol. The van der Waals surface area contributed by atoms with Gasteiger partial charge in [0.1, 0.15) is 0 Å². The Labute approximate surface area is 91.0 Å². The first kappa shape index (κ1) is 10.7. The zero-order chi connectivity index (χ0) is 10.9. The fraction of sp³-hybridized carbons (Fsp3) is 0.909. The summed E-state index contributed by atoms with van der Waals surface area (Å²) < 4.78 is 0. The highest BCUT2D eigenvalue weighted by molar-refractivity contribution is 5.75. The fourth-order valence-electron chi connectivity index (χ4n) is 3.29. The van der Waals surface area contributed by atoms with Crippen molar-refractivity contribution in [2.24, 2.45) is 17.1 Å². The molecule has 1 saturated carbocycles. The highest BCUT2D eigenvalue weighted by Gasteiger charge is 2.46. The van der Waals surface area contributed by atoms with E-state index in [2.05, 4.69) is 0 Å². The lowest BCUT2D eigenvalue weighted by atomic mass is 9.68. The summed E-state index contributed by atoms with van der Waals surface area (Å²) in [7, 11) is 0. The fourth-order valence-corrected chi connectivity index (χ4v) is 3.29. The molecule has 4 N–H and O–H groups in total. The van der Waals surface area contributed by atoms with Gasteiger partial charge in [-0.1, -0.05) is 19.3 Å². The van der Waals surface area contributed by atoms with Gasteiger partial charge < -0.3 is 15.7 Å². The van der Waals surface area contributed by atoms with E-state index in [9.17, 15) is 5.11 Å². The minimum absolute atomic E-state index is 0.163. The van der Waals surface area contributed by atoms with Gasteiger partial charge in [0.2, 0.25) is 0 Å². The molecular formula is C11H21N3O. The molecule has 0 aromatic carbocycles. The Kier molecular flexibility index (Phi) is 2.87. The number of hydrogen-bond donors (Lipinski definition) is 3. The standard InChI is InChI=1S/C11H21N3O/c12-10(13)14-6-9(7-15)11(8-14)4-2-1-3-5-11/h9,15H,1-8H2,(H3,12,13). The van der Waals surface area contributed by atoms with Crippen molar-refractivity contribution < 1.29 is 5.11 Å². The van der Waals surface area contributed by atoms with Gasteiger partial charge in [0.05, 0.1) is 0 Å². The molecule has 2 rings (SSSR count). The Morgan fingerprint density at radius 3 is 2.60 bits per heavy atom. The molecule has 1 aliphatic heterocycles. The quantitative estimate of drug-likeness (QED) is 0.443. The van der Waals surface area contributed by atoms with Crippen LogP contribution in [0.4, 0.5) is 0 Å². The van der Waals surface area contributed by atoms with Gasteiger partial charge in [0, 0.05) is 25.6 Å². The SMILES string of the molecule is N=C(N)N1CC(CO)C2(CCCCC2)C1. The maximum absolute atomic E-state index is 9.45. The smallest absolute Gasteiger partial charge is 0.188 e. The van der Waals surface area contributed by atoms with Crippen LogP contribution in [0.25, 0.3) is 0 Å². The zero-order valence-corrected chi connectivity index (χ0v) is 9.21. The number of rotatable bonds is 1. The predicted octanol–water partition coefficient (Wildman–Crippen LogP) is 0.754. The predicted molar refractivity (Wildman–Crippen MR) is 59.6 cm³/mol. The molecule has 2 aliphatic rings. The Balaban J connectivity index is 2.12. The number of aliphatic hydroxyl groups excluding tert-OH is 1. The van der Waals surface area contributed by atoms with Gasteiger partial charge in [-0.3, -0.25) is 5.41 Å². The van der Waals surface area contributed by atoms with Gasteiger partial charge in [0.15, 0.2) is 5.96 Å². The molecule has 1 unspecified atom stereocenters. The summed E-state index contributed by atoms with van der Waals surface area (Å²) in [5.41, 5.74) is 5.78. The second kappa shape index (κ2) is 4.00. The van der Waals surface area contributed by atoms with Crippen LogP contribution < -0.4 is 5.73 Å². The first-order valence-corrected chi connectivity index (χ1v) is 5.88. The minimum Gasteiger partial charge on any atom is -0.396 e. The Bertz CT molecular complexity index is 248. The largest absolute Gasteiger partial charge is 0.396 e. The van der Waals surface area contributed by atoms with E-state index in [4.69, 9.17) is 11.1 Å². The van der Waals surface area contributed by atoms with Crippen LogP contribution in [0, 0.1) is 16.7 Å². The van der Waals surface area contributed by atoms with E-state index >= 15 is 0 Å². The summed E-state index contributed by atoms with van der Waals surface area (Å²) in [6.45, 7) is 1.89. The van der Waals surface area contributed by atoms with Crippen molar-refractivity contribution in [1.82, 2.24) is 4.90 Å². The molecule has 1 heterocycles. The molecule has 4 nitrogen and oxygen atoms in total. The van der Waals surface area contributed by atoms with E-state index in [0.717, 1.165) is 13.1 Å². The molecule has 86 valence electrons. The van der Waals surface area contributed by atoms with E-state index in [0.29, 0.717) is 5.92 Å². The Morgan fingerprint density at radius 2 is 2.07 bits per heavy atom. The van der Waals surface area contributed by atoms with Crippen LogP contribution in [0.5, 0.6) is 0 Å². The van der Waals surface area contributed by atoms with Crippen molar-refractivity contribution >= 4 is 5.96 Å². The lowest BCUT2D eigenvalue weighted by Gasteiger charge is -2.37. The van der Waals surface area contributed by atoms with Crippen molar-refractivity contribution in [3.8, 4) is 0 Å². The Morgan fingerprint density at radius 1 is 1.40 bits per heavy atom. The third-order valence-corrected chi connectivity index (χ3v) is 4.22. The molecule has 0 radical (unpaired) electrons. The lowest BCUT2D eigenvalue weighted by molar-refractivity contribution is 0.0924. The van der Waals surface area contributed by atoms with Crippen LogP contribution in [0.2, 0.25) is 0 Å². The number of guanidine groups is 1. The summed E-state index contributed by atoms with van der Waals surface area (Å²) >= 11 is 0. The molecule has 1 atom stereocenters. The van der Waals surface area contributed by atoms with Crippen molar-refractivity contribution in [3.63, 3.8) is 0 Å². The van der Waals surface area contributed by atoms with Crippen LogP contribution >= 0.6 is 0 Å². The lowest BCUT2D eigenvalue weighted by Crippen LogP contribution is -2.37. The average Bonchev–Trinajstić information content (AvgIpc) is 2.58. The van der Waals surface area contributed by atoms with E-state index in [1.54, 1.807) is 0 Å². The van der Waals surface area contributed by atoms with Gasteiger partial charge >= 0.3 is 0 Å². The number of nitrogens with zero attached hydrogens (tertiary/aromatic N) is 1. The van der Waals surface area contributed by atoms with E-state index in [-0.39, 0.29) is 18.0 Å². The second-order valence-electron chi connectivity index (χ2n) is 5.07. The number of nitrogens with two attached hydrogens (primary N) is 1. The average molecular weight is 211 g/mol. The summed E-state index contributed by atoms with van der Waals surface area (Å²) in [6.07, 6.45) is 6.24. The van der Waals surface area contributed by atoms with Crippen LogP contribution in [0.15, 0.2) is 0 Å². The highest BCUT2D eigenvalue weighted by Crippen LogP contribution is 2.47. The van der Waals surface area contributed by atoms with Gasteiger partial charge in [-0.25, -0.2) is 0 Å². The zero-order valence-electron chi connectivity index (χ0n) is 9.21. The summed E-state index contributed by atoms with van der Waals surface area (Å²) in [5.74, 6) is 0.484. The molecule has 0 bridgehead atoms. The van der Waals surface area contributed by atoms with Gasteiger partial charge in [-0.2, -0.15) is 0 Å². The summed E-state index contributed by atoms with van der Waals surface area (Å²) in [4.78, 5) is 1.92. The minimum atomic E-state index is 0.163. The van der Waals surface area contributed by atoms with E-state index in [1.807, 2.05) is 4.90 Å². The van der Waals surface area contributed by atoms with Crippen molar-refractivity contribution in [2.75, 3.05) is 19.7 Å². The molecule has 0 amide bonds. The summed E-state index contributed by atoms with van der Waals surface area (Å²) in [5, 5.41) is 16.9. The van der Waals surface area contributed by atoms with Gasteiger partial charge in [0.25, 0.3) is 0 Å². The monoisotopic (exact) mass is 211 g/mol. The van der Waals surface area contributed by atoms with Crippen LogP contribution in [-0.4, -0.2) is 35.7 Å².